The SMILES string of the molecule is COc1ccc(-n2cc(C(O)c3c(-c4cnn(C)c4)sc4cncn34)nn2)cc1. The van der Waals surface area contributed by atoms with E-state index < -0.39 is 6.10 Å². The Hall–Kier alpha value is -3.50. The Kier molecular flexibility index (Phi) is 4.14. The quantitative estimate of drug-likeness (QED) is 0.481. The summed E-state index contributed by atoms with van der Waals surface area (Å²) in [6.07, 6.45) is 7.92. The van der Waals surface area contributed by atoms with Crippen molar-refractivity contribution in [1.29, 1.82) is 0 Å². The molecule has 0 saturated carbocycles. The number of nitrogens with zero attached hydrogens (tertiary/aromatic N) is 7. The highest BCUT2D eigenvalue weighted by Gasteiger charge is 2.25. The van der Waals surface area contributed by atoms with Crippen LogP contribution in [-0.4, -0.2) is 46.4 Å². The van der Waals surface area contributed by atoms with Crippen LogP contribution in [0.1, 0.15) is 17.5 Å². The molecule has 5 aromatic rings. The van der Waals surface area contributed by atoms with Crippen LogP contribution in [0.15, 0.2) is 55.4 Å². The minimum atomic E-state index is -0.972. The van der Waals surface area contributed by atoms with Gasteiger partial charge >= 0.3 is 0 Å². The fourth-order valence-corrected chi connectivity index (χ4v) is 4.31. The molecule has 0 spiro atoms. The molecule has 146 valence electrons. The lowest BCUT2D eigenvalue weighted by Crippen LogP contribution is -2.05. The molecule has 1 aromatic carbocycles. The number of ether oxygens (including phenoxy) is 1. The zero-order valence-corrected chi connectivity index (χ0v) is 16.5. The first-order chi connectivity index (χ1) is 14.1. The number of imidazole rings is 1. The number of thiazole rings is 1. The molecular formula is C19H17N7O2S. The molecule has 0 radical (unpaired) electrons. The highest BCUT2D eigenvalue weighted by atomic mass is 32.1. The minimum absolute atomic E-state index is 0.444. The second-order valence-corrected chi connectivity index (χ2v) is 7.54. The van der Waals surface area contributed by atoms with Gasteiger partial charge in [-0.1, -0.05) is 5.21 Å². The molecule has 0 aliphatic carbocycles. The van der Waals surface area contributed by atoms with Crippen molar-refractivity contribution in [3.8, 4) is 21.9 Å². The lowest BCUT2D eigenvalue weighted by atomic mass is 10.1. The van der Waals surface area contributed by atoms with E-state index in [-0.39, 0.29) is 0 Å². The fourth-order valence-electron chi connectivity index (χ4n) is 3.21. The number of aromatic nitrogens is 7. The van der Waals surface area contributed by atoms with Crippen LogP contribution in [0.3, 0.4) is 0 Å². The van der Waals surface area contributed by atoms with Crippen LogP contribution in [0, 0.1) is 0 Å². The first kappa shape index (κ1) is 17.6. The normalized spacial score (nSPS) is 12.5. The summed E-state index contributed by atoms with van der Waals surface area (Å²) in [5, 5.41) is 23.8. The van der Waals surface area contributed by atoms with E-state index in [1.165, 1.54) is 0 Å². The van der Waals surface area contributed by atoms with E-state index in [1.807, 2.05) is 41.9 Å². The number of methoxy groups -OCH3 is 1. The van der Waals surface area contributed by atoms with E-state index in [0.717, 1.165) is 26.7 Å². The zero-order valence-electron chi connectivity index (χ0n) is 15.7. The van der Waals surface area contributed by atoms with Crippen molar-refractivity contribution in [2.75, 3.05) is 7.11 Å². The summed E-state index contributed by atoms with van der Waals surface area (Å²) in [6, 6.07) is 7.45. The Balaban J connectivity index is 1.55. The van der Waals surface area contributed by atoms with Gasteiger partial charge < -0.3 is 9.84 Å². The molecule has 0 saturated heterocycles. The average Bonchev–Trinajstić information content (AvgIpc) is 3.50. The highest BCUT2D eigenvalue weighted by Crippen LogP contribution is 2.38. The third-order valence-corrected chi connectivity index (χ3v) is 5.82. The smallest absolute Gasteiger partial charge is 0.141 e. The summed E-state index contributed by atoms with van der Waals surface area (Å²) >= 11 is 1.55. The van der Waals surface area contributed by atoms with Gasteiger partial charge in [-0.15, -0.1) is 16.4 Å². The van der Waals surface area contributed by atoms with Gasteiger partial charge in [-0.2, -0.15) is 5.10 Å². The van der Waals surface area contributed by atoms with Crippen LogP contribution in [0.5, 0.6) is 5.75 Å². The summed E-state index contributed by atoms with van der Waals surface area (Å²) < 4.78 is 10.4. The monoisotopic (exact) mass is 407 g/mol. The summed E-state index contributed by atoms with van der Waals surface area (Å²) in [5.74, 6) is 0.760. The van der Waals surface area contributed by atoms with Crippen LogP contribution in [0.25, 0.3) is 21.0 Å². The van der Waals surface area contributed by atoms with Crippen LogP contribution in [0.4, 0.5) is 0 Å². The molecule has 0 aliphatic rings. The van der Waals surface area contributed by atoms with Crippen molar-refractivity contribution >= 4 is 16.2 Å². The molecule has 0 bridgehead atoms. The van der Waals surface area contributed by atoms with E-state index in [4.69, 9.17) is 4.74 Å². The van der Waals surface area contributed by atoms with Crippen LogP contribution in [0.2, 0.25) is 0 Å². The van der Waals surface area contributed by atoms with Gasteiger partial charge in [0.05, 0.1) is 42.0 Å². The van der Waals surface area contributed by atoms with Crippen LogP contribution < -0.4 is 4.74 Å². The second-order valence-electron chi connectivity index (χ2n) is 6.51. The maximum absolute atomic E-state index is 11.2. The number of benzene rings is 1. The van der Waals surface area contributed by atoms with Crippen molar-refractivity contribution in [3.05, 3.63) is 66.8 Å². The number of hydrogen-bond acceptors (Lipinski definition) is 7. The largest absolute Gasteiger partial charge is 0.497 e. The molecule has 0 amide bonds. The molecule has 5 rings (SSSR count). The van der Waals surface area contributed by atoms with Gasteiger partial charge in [-0.25, -0.2) is 9.67 Å². The highest BCUT2D eigenvalue weighted by molar-refractivity contribution is 7.20. The Morgan fingerprint density at radius 3 is 2.69 bits per heavy atom. The number of aliphatic hydroxyl groups excluding tert-OH is 1. The van der Waals surface area contributed by atoms with Gasteiger partial charge in [0.15, 0.2) is 0 Å². The molecule has 4 heterocycles. The van der Waals surface area contributed by atoms with E-state index in [9.17, 15) is 5.11 Å². The molecule has 10 heteroatoms. The maximum Gasteiger partial charge on any atom is 0.141 e. The Morgan fingerprint density at radius 1 is 1.14 bits per heavy atom. The van der Waals surface area contributed by atoms with Crippen molar-refractivity contribution in [2.24, 2.45) is 7.05 Å². The van der Waals surface area contributed by atoms with Gasteiger partial charge in [0.2, 0.25) is 0 Å². The van der Waals surface area contributed by atoms with Gasteiger partial charge in [-0.3, -0.25) is 9.08 Å². The molecule has 4 aromatic heterocycles. The third-order valence-electron chi connectivity index (χ3n) is 4.66. The van der Waals surface area contributed by atoms with E-state index in [2.05, 4.69) is 20.4 Å². The van der Waals surface area contributed by atoms with E-state index in [0.29, 0.717) is 11.4 Å². The van der Waals surface area contributed by atoms with Crippen LogP contribution >= 0.6 is 11.3 Å². The zero-order chi connectivity index (χ0) is 20.0. The van der Waals surface area contributed by atoms with Crippen molar-refractivity contribution < 1.29 is 9.84 Å². The minimum Gasteiger partial charge on any atom is -0.497 e. The Labute approximate surface area is 169 Å². The van der Waals surface area contributed by atoms with Crippen molar-refractivity contribution in [1.82, 2.24) is 34.2 Å². The Bertz CT molecular complexity index is 1280. The summed E-state index contributed by atoms with van der Waals surface area (Å²) in [7, 11) is 3.48. The van der Waals surface area contributed by atoms with Crippen molar-refractivity contribution in [2.45, 2.75) is 6.10 Å². The summed E-state index contributed by atoms with van der Waals surface area (Å²) in [4.78, 5) is 6.04. The first-order valence-electron chi connectivity index (χ1n) is 8.82. The number of aliphatic hydroxyl groups is 1. The predicted molar refractivity (Wildman–Crippen MR) is 107 cm³/mol. The number of rotatable bonds is 5. The predicted octanol–water partition coefficient (Wildman–Crippen LogP) is 2.47. The Morgan fingerprint density at radius 2 is 1.97 bits per heavy atom. The van der Waals surface area contributed by atoms with E-state index in [1.54, 1.807) is 52.7 Å². The summed E-state index contributed by atoms with van der Waals surface area (Å²) in [6.45, 7) is 0. The van der Waals surface area contributed by atoms with Gasteiger partial charge in [-0.05, 0) is 24.3 Å². The van der Waals surface area contributed by atoms with Gasteiger partial charge in [0.1, 0.15) is 28.7 Å². The molecule has 1 unspecified atom stereocenters. The lowest BCUT2D eigenvalue weighted by Gasteiger charge is -2.09. The second kappa shape index (κ2) is 6.83. The summed E-state index contributed by atoms with van der Waals surface area (Å²) in [5.41, 5.74) is 2.89. The number of hydrogen-bond donors (Lipinski definition) is 1. The van der Waals surface area contributed by atoms with Gasteiger partial charge in [0.25, 0.3) is 0 Å². The number of fused-ring (bicyclic) bond motifs is 1. The lowest BCUT2D eigenvalue weighted by molar-refractivity contribution is 0.210. The molecule has 9 nitrogen and oxygen atoms in total. The molecule has 29 heavy (non-hydrogen) atoms. The van der Waals surface area contributed by atoms with E-state index >= 15 is 0 Å². The third kappa shape index (κ3) is 2.98. The molecule has 0 fully saturated rings. The molecule has 0 aliphatic heterocycles. The maximum atomic E-state index is 11.2. The first-order valence-corrected chi connectivity index (χ1v) is 9.64. The molecule has 1 N–H and O–H groups in total. The van der Waals surface area contributed by atoms with Crippen LogP contribution in [-0.2, 0) is 7.05 Å². The molecule has 1 atom stereocenters. The van der Waals surface area contributed by atoms with Gasteiger partial charge in [0, 0.05) is 18.8 Å². The fraction of sp³-hybridized carbons (Fsp3) is 0.158. The topological polar surface area (TPSA) is 95.3 Å². The standard InChI is InChI=1S/C19H17N7O2S/c1-24-9-12(7-21-24)19-17(25-11-20-8-16(25)29-19)18(27)15-10-26(23-22-15)13-3-5-14(28-2)6-4-13/h3-11,18,27H,1-2H3. The molecular weight excluding hydrogens is 390 g/mol. The van der Waals surface area contributed by atoms with Crippen molar-refractivity contribution in [3.63, 3.8) is 0 Å². The number of aryl methyl sites for hydroxylation is 1. The average molecular weight is 407 g/mol.